The standard InChI is InChI=1S/C23H30O2/c1-3-4-5-14-25-17-7-9-18-16(15-17)6-8-20-19(18)12-13-23(2)21(20)10-11-22(23)24/h3,7,9,15,19-21H,1,4-6,8,10-14H2,2H3. The van der Waals surface area contributed by atoms with Gasteiger partial charge in [-0.2, -0.15) is 0 Å². The average molecular weight is 338 g/mol. The summed E-state index contributed by atoms with van der Waals surface area (Å²) >= 11 is 0. The van der Waals surface area contributed by atoms with Crippen LogP contribution < -0.4 is 4.74 Å². The van der Waals surface area contributed by atoms with Crippen LogP contribution in [0.2, 0.25) is 0 Å². The lowest BCUT2D eigenvalue weighted by molar-refractivity contribution is -0.129. The lowest BCUT2D eigenvalue weighted by Crippen LogP contribution is -2.42. The maximum atomic E-state index is 12.4. The molecule has 134 valence electrons. The highest BCUT2D eigenvalue weighted by Gasteiger charge is 2.54. The Bertz CT molecular complexity index is 677. The summed E-state index contributed by atoms with van der Waals surface area (Å²) in [5.74, 6) is 3.52. The molecule has 4 atom stereocenters. The summed E-state index contributed by atoms with van der Waals surface area (Å²) in [6, 6.07) is 6.74. The van der Waals surface area contributed by atoms with Crippen molar-refractivity contribution in [3.05, 3.63) is 42.0 Å². The van der Waals surface area contributed by atoms with E-state index >= 15 is 0 Å². The fourth-order valence-electron chi connectivity index (χ4n) is 5.84. The third kappa shape index (κ3) is 2.84. The molecule has 0 saturated heterocycles. The predicted octanol–water partition coefficient (Wildman–Crippen LogP) is 5.46. The highest BCUT2D eigenvalue weighted by Crippen LogP contribution is 2.59. The number of benzene rings is 1. The van der Waals surface area contributed by atoms with E-state index in [4.69, 9.17) is 4.74 Å². The number of fused-ring (bicyclic) bond motifs is 5. The number of Topliss-reactive ketones (excluding diaryl/α,β-unsaturated/α-hetero) is 1. The number of rotatable bonds is 5. The summed E-state index contributed by atoms with van der Waals surface area (Å²) in [5, 5.41) is 0. The molecule has 1 aromatic rings. The van der Waals surface area contributed by atoms with E-state index in [2.05, 4.69) is 31.7 Å². The topological polar surface area (TPSA) is 26.3 Å². The van der Waals surface area contributed by atoms with Crippen molar-refractivity contribution in [3.8, 4) is 5.75 Å². The number of aryl methyl sites for hydroxylation is 1. The Kier molecular flexibility index (Phi) is 4.47. The van der Waals surface area contributed by atoms with Gasteiger partial charge in [-0.3, -0.25) is 4.79 Å². The zero-order valence-corrected chi connectivity index (χ0v) is 15.4. The monoisotopic (exact) mass is 338 g/mol. The highest BCUT2D eigenvalue weighted by molar-refractivity contribution is 5.87. The molecule has 0 radical (unpaired) electrons. The molecule has 2 nitrogen and oxygen atoms in total. The number of carbonyl (C=O) groups excluding carboxylic acids is 1. The summed E-state index contributed by atoms with van der Waals surface area (Å²) in [6.45, 7) is 6.77. The highest BCUT2D eigenvalue weighted by atomic mass is 16.5. The third-order valence-corrected chi connectivity index (χ3v) is 7.23. The number of unbranched alkanes of at least 4 members (excludes halogenated alkanes) is 1. The molecule has 4 rings (SSSR count). The van der Waals surface area contributed by atoms with Crippen molar-refractivity contribution in [1.29, 1.82) is 0 Å². The molecule has 4 unspecified atom stereocenters. The minimum absolute atomic E-state index is 0.0210. The fourth-order valence-corrected chi connectivity index (χ4v) is 5.84. The Morgan fingerprint density at radius 2 is 2.16 bits per heavy atom. The van der Waals surface area contributed by atoms with Gasteiger partial charge in [0.25, 0.3) is 0 Å². The van der Waals surface area contributed by atoms with Gasteiger partial charge in [-0.05, 0) is 86.0 Å². The second-order valence-corrected chi connectivity index (χ2v) is 8.47. The molecule has 1 aromatic carbocycles. The van der Waals surface area contributed by atoms with Crippen LogP contribution in [0.5, 0.6) is 5.75 Å². The molecule has 0 spiro atoms. The third-order valence-electron chi connectivity index (χ3n) is 7.23. The van der Waals surface area contributed by atoms with Gasteiger partial charge in [-0.1, -0.05) is 19.1 Å². The molecular formula is C23H30O2. The predicted molar refractivity (Wildman–Crippen MR) is 101 cm³/mol. The van der Waals surface area contributed by atoms with Crippen LogP contribution in [0.3, 0.4) is 0 Å². The molecule has 0 aromatic heterocycles. The van der Waals surface area contributed by atoms with Gasteiger partial charge in [-0.25, -0.2) is 0 Å². The van der Waals surface area contributed by atoms with Crippen LogP contribution in [-0.2, 0) is 11.2 Å². The van der Waals surface area contributed by atoms with Gasteiger partial charge in [0.2, 0.25) is 0 Å². The largest absolute Gasteiger partial charge is 0.494 e. The van der Waals surface area contributed by atoms with E-state index in [9.17, 15) is 4.79 Å². The molecule has 3 aliphatic rings. The summed E-state index contributed by atoms with van der Waals surface area (Å²) in [4.78, 5) is 12.4. The van der Waals surface area contributed by atoms with E-state index in [-0.39, 0.29) is 5.41 Å². The van der Waals surface area contributed by atoms with Crippen LogP contribution >= 0.6 is 0 Å². The second kappa shape index (κ2) is 6.63. The molecule has 2 saturated carbocycles. The van der Waals surface area contributed by atoms with Crippen molar-refractivity contribution in [3.63, 3.8) is 0 Å². The van der Waals surface area contributed by atoms with E-state index in [1.165, 1.54) is 24.0 Å². The number of ketones is 1. The van der Waals surface area contributed by atoms with Crippen LogP contribution in [0.25, 0.3) is 0 Å². The first-order valence-electron chi connectivity index (χ1n) is 10.0. The SMILES string of the molecule is C=CCCCOc1ccc2c(c1)CCC1C2CCC2(C)C(=O)CCC12. The van der Waals surface area contributed by atoms with Crippen molar-refractivity contribution in [2.24, 2.45) is 17.3 Å². The lowest BCUT2D eigenvalue weighted by atomic mass is 9.55. The first-order valence-corrected chi connectivity index (χ1v) is 10.0. The molecule has 0 heterocycles. The summed E-state index contributed by atoms with van der Waals surface area (Å²) in [6.07, 6.45) is 10.6. The Balaban J connectivity index is 1.51. The first kappa shape index (κ1) is 16.9. The molecule has 0 bridgehead atoms. The fraction of sp³-hybridized carbons (Fsp3) is 0.609. The summed E-state index contributed by atoms with van der Waals surface area (Å²) in [5.41, 5.74) is 3.00. The van der Waals surface area contributed by atoms with Gasteiger partial charge in [0, 0.05) is 11.8 Å². The zero-order chi connectivity index (χ0) is 17.4. The van der Waals surface area contributed by atoms with Gasteiger partial charge >= 0.3 is 0 Å². The first-order chi connectivity index (χ1) is 12.1. The second-order valence-electron chi connectivity index (χ2n) is 8.47. The molecule has 3 aliphatic carbocycles. The number of hydrogen-bond acceptors (Lipinski definition) is 2. The zero-order valence-electron chi connectivity index (χ0n) is 15.4. The van der Waals surface area contributed by atoms with Gasteiger partial charge in [-0.15, -0.1) is 6.58 Å². The lowest BCUT2D eigenvalue weighted by Gasteiger charge is -2.48. The van der Waals surface area contributed by atoms with Crippen molar-refractivity contribution < 1.29 is 9.53 Å². The van der Waals surface area contributed by atoms with Crippen LogP contribution in [0.4, 0.5) is 0 Å². The van der Waals surface area contributed by atoms with E-state index in [0.29, 0.717) is 23.5 Å². The van der Waals surface area contributed by atoms with E-state index in [1.54, 1.807) is 0 Å². The normalized spacial score (nSPS) is 33.3. The van der Waals surface area contributed by atoms with Crippen LogP contribution in [0.15, 0.2) is 30.9 Å². The maximum absolute atomic E-state index is 12.4. The Morgan fingerprint density at radius 3 is 3.00 bits per heavy atom. The summed E-state index contributed by atoms with van der Waals surface area (Å²) < 4.78 is 5.92. The van der Waals surface area contributed by atoms with Crippen LogP contribution in [0, 0.1) is 17.3 Å². The van der Waals surface area contributed by atoms with Gasteiger partial charge in [0.05, 0.1) is 6.61 Å². The van der Waals surface area contributed by atoms with Gasteiger partial charge < -0.3 is 4.74 Å². The van der Waals surface area contributed by atoms with Crippen LogP contribution in [0.1, 0.15) is 68.9 Å². The van der Waals surface area contributed by atoms with Crippen molar-refractivity contribution in [2.75, 3.05) is 6.61 Å². The molecule has 0 N–H and O–H groups in total. The Morgan fingerprint density at radius 1 is 1.28 bits per heavy atom. The smallest absolute Gasteiger partial charge is 0.139 e. The quantitative estimate of drug-likeness (QED) is 0.526. The van der Waals surface area contributed by atoms with E-state index in [1.807, 2.05) is 6.08 Å². The molecule has 25 heavy (non-hydrogen) atoms. The van der Waals surface area contributed by atoms with Crippen molar-refractivity contribution >= 4 is 5.78 Å². The number of carbonyl (C=O) groups is 1. The maximum Gasteiger partial charge on any atom is 0.139 e. The van der Waals surface area contributed by atoms with Crippen LogP contribution in [-0.4, -0.2) is 12.4 Å². The molecule has 0 amide bonds. The minimum Gasteiger partial charge on any atom is -0.494 e. The van der Waals surface area contributed by atoms with Gasteiger partial charge in [0.1, 0.15) is 11.5 Å². The van der Waals surface area contributed by atoms with Crippen molar-refractivity contribution in [2.45, 2.75) is 64.2 Å². The molecule has 2 heteroatoms. The van der Waals surface area contributed by atoms with Gasteiger partial charge in [0.15, 0.2) is 0 Å². The Hall–Kier alpha value is -1.57. The molecule has 2 fully saturated rings. The summed E-state index contributed by atoms with van der Waals surface area (Å²) in [7, 11) is 0. The molecular weight excluding hydrogens is 308 g/mol. The average Bonchev–Trinajstić information content (AvgIpc) is 2.93. The minimum atomic E-state index is -0.0210. The van der Waals surface area contributed by atoms with Crippen molar-refractivity contribution in [1.82, 2.24) is 0 Å². The van der Waals surface area contributed by atoms with E-state index < -0.39 is 0 Å². The number of ether oxygens (including phenoxy) is 1. The number of allylic oxidation sites excluding steroid dienone is 1. The Labute approximate surface area is 151 Å². The van der Waals surface area contributed by atoms with E-state index in [0.717, 1.165) is 50.9 Å². The number of hydrogen-bond donors (Lipinski definition) is 0. The molecule has 0 aliphatic heterocycles.